The van der Waals surface area contributed by atoms with Gasteiger partial charge in [0.2, 0.25) is 11.7 Å². The number of non-ortho nitro benzene ring substituents is 1. The van der Waals surface area contributed by atoms with Gasteiger partial charge in [-0.15, -0.1) is 11.3 Å². The molecule has 12 nitrogen and oxygen atoms in total. The van der Waals surface area contributed by atoms with Crippen LogP contribution in [0.4, 0.5) is 5.69 Å². The van der Waals surface area contributed by atoms with E-state index in [2.05, 4.69) is 4.98 Å². The SMILES string of the molecule is C[C@@H](O)[C@H]1C(=O)N2C(C(=O)OCc3ccc([N+](=O)[O-])cc3)=C(c3cn4cnc(C(=O)CO)c4s3)C[C@H]12. The molecule has 2 aliphatic rings. The number of hydrogen-bond acceptors (Lipinski definition) is 10. The molecule has 3 atom stereocenters. The lowest BCUT2D eigenvalue weighted by Crippen LogP contribution is -2.61. The number of fused-ring (bicyclic) bond motifs is 2. The first-order valence-corrected chi connectivity index (χ1v) is 11.8. The number of nitro benzene ring substituents is 1. The maximum absolute atomic E-state index is 13.2. The second kappa shape index (κ2) is 8.93. The average molecular weight is 513 g/mol. The third-order valence-electron chi connectivity index (χ3n) is 6.36. The monoisotopic (exact) mass is 512 g/mol. The van der Waals surface area contributed by atoms with Crippen LogP contribution in [-0.2, 0) is 20.9 Å². The van der Waals surface area contributed by atoms with E-state index in [4.69, 9.17) is 4.74 Å². The van der Waals surface area contributed by atoms with Gasteiger partial charge in [0.15, 0.2) is 0 Å². The molecule has 0 bridgehead atoms. The molecular weight excluding hydrogens is 492 g/mol. The van der Waals surface area contributed by atoms with Crippen molar-refractivity contribution < 1.29 is 34.3 Å². The van der Waals surface area contributed by atoms with Gasteiger partial charge in [-0.3, -0.25) is 24.1 Å². The summed E-state index contributed by atoms with van der Waals surface area (Å²) in [7, 11) is 0. The highest BCUT2D eigenvalue weighted by Gasteiger charge is 2.57. The van der Waals surface area contributed by atoms with Crippen LogP contribution in [-0.4, -0.2) is 65.8 Å². The van der Waals surface area contributed by atoms with Crippen LogP contribution in [0.1, 0.15) is 34.3 Å². The zero-order chi connectivity index (χ0) is 25.7. The van der Waals surface area contributed by atoms with Gasteiger partial charge < -0.3 is 19.8 Å². The average Bonchev–Trinajstić information content (AvgIpc) is 3.53. The van der Waals surface area contributed by atoms with Gasteiger partial charge in [-0.1, -0.05) is 0 Å². The van der Waals surface area contributed by atoms with Crippen molar-refractivity contribution in [2.45, 2.75) is 32.1 Å². The summed E-state index contributed by atoms with van der Waals surface area (Å²) in [6.07, 6.45) is 2.53. The number of amides is 1. The van der Waals surface area contributed by atoms with E-state index >= 15 is 0 Å². The largest absolute Gasteiger partial charge is 0.456 e. The van der Waals surface area contributed by atoms with E-state index in [9.17, 15) is 34.7 Å². The number of aliphatic hydroxyl groups is 2. The van der Waals surface area contributed by atoms with Crippen molar-refractivity contribution >= 4 is 45.1 Å². The summed E-state index contributed by atoms with van der Waals surface area (Å²) in [6, 6.07) is 5.16. The first-order valence-electron chi connectivity index (χ1n) is 11.0. The van der Waals surface area contributed by atoms with Crippen molar-refractivity contribution in [3.8, 4) is 0 Å². The van der Waals surface area contributed by atoms with Crippen LogP contribution in [0.25, 0.3) is 10.4 Å². The number of ether oxygens (including phenoxy) is 1. The molecule has 0 radical (unpaired) electrons. The standard InChI is InChI=1S/C23H20N4O8S/c1-11(29)18-15-6-14(17-7-25-10-24-19(16(30)8-28)22(25)36-17)20(26(15)21(18)31)23(32)35-9-12-2-4-13(5-3-12)27(33)34/h2-5,7,10-11,15,18,28-29H,6,8-9H2,1H3/t11-,15-,18-/m1/s1. The minimum Gasteiger partial charge on any atom is -0.456 e. The number of carbonyl (C=O) groups is 3. The minimum absolute atomic E-state index is 0.0660. The predicted molar refractivity (Wildman–Crippen MR) is 125 cm³/mol. The van der Waals surface area contributed by atoms with E-state index in [0.29, 0.717) is 27.3 Å². The van der Waals surface area contributed by atoms with Crippen LogP contribution in [0.3, 0.4) is 0 Å². The Morgan fingerprint density at radius 2 is 2.06 bits per heavy atom. The Labute approximate surface area is 207 Å². The number of aromatic nitrogens is 2. The molecule has 13 heteroatoms. The molecule has 2 aliphatic heterocycles. The molecule has 3 aromatic rings. The maximum atomic E-state index is 13.2. The quantitative estimate of drug-likeness (QED) is 0.150. The molecule has 1 aromatic carbocycles. The molecule has 186 valence electrons. The number of rotatable bonds is 8. The Morgan fingerprint density at radius 3 is 2.69 bits per heavy atom. The van der Waals surface area contributed by atoms with Crippen molar-refractivity contribution in [1.82, 2.24) is 14.3 Å². The molecule has 0 unspecified atom stereocenters. The van der Waals surface area contributed by atoms with Crippen molar-refractivity contribution in [2.75, 3.05) is 6.61 Å². The number of nitro groups is 1. The normalized spacial score (nSPS) is 19.9. The number of nitrogens with zero attached hydrogens (tertiary/aromatic N) is 4. The molecule has 0 spiro atoms. The number of Topliss-reactive ketones (excluding diaryl/α,β-unsaturated/α-hetero) is 1. The topological polar surface area (TPSA) is 165 Å². The van der Waals surface area contributed by atoms with Crippen LogP contribution in [0.5, 0.6) is 0 Å². The van der Waals surface area contributed by atoms with E-state index in [-0.39, 0.29) is 29.6 Å². The fourth-order valence-corrected chi connectivity index (χ4v) is 5.76. The summed E-state index contributed by atoms with van der Waals surface area (Å²) in [5.41, 5.74) is 1.16. The summed E-state index contributed by atoms with van der Waals surface area (Å²) in [6.45, 7) is 0.673. The zero-order valence-electron chi connectivity index (χ0n) is 18.9. The Morgan fingerprint density at radius 1 is 1.33 bits per heavy atom. The molecule has 4 heterocycles. The molecular formula is C23H20N4O8S. The molecule has 1 saturated heterocycles. The molecule has 0 saturated carbocycles. The smallest absolute Gasteiger partial charge is 0.355 e. The second-order valence-corrected chi connectivity index (χ2v) is 9.59. The Balaban J connectivity index is 1.47. The molecule has 2 aromatic heterocycles. The summed E-state index contributed by atoms with van der Waals surface area (Å²) >= 11 is 1.19. The van der Waals surface area contributed by atoms with Gasteiger partial charge in [0.1, 0.15) is 35.8 Å². The number of esters is 1. The number of aliphatic hydroxyl groups excluding tert-OH is 2. The fourth-order valence-electron chi connectivity index (χ4n) is 4.62. The van der Waals surface area contributed by atoms with Gasteiger partial charge in [0.05, 0.1) is 27.9 Å². The highest BCUT2D eigenvalue weighted by atomic mass is 32.1. The second-order valence-electron chi connectivity index (χ2n) is 8.56. The lowest BCUT2D eigenvalue weighted by molar-refractivity contribution is -0.384. The highest BCUT2D eigenvalue weighted by Crippen LogP contribution is 2.48. The fraction of sp³-hybridized carbons (Fsp3) is 0.304. The van der Waals surface area contributed by atoms with Crippen LogP contribution < -0.4 is 0 Å². The molecule has 0 aliphatic carbocycles. The van der Waals surface area contributed by atoms with Crippen molar-refractivity contribution in [2.24, 2.45) is 5.92 Å². The van der Waals surface area contributed by atoms with E-state index < -0.39 is 41.3 Å². The lowest BCUT2D eigenvalue weighted by Gasteiger charge is -2.44. The first-order chi connectivity index (χ1) is 17.2. The van der Waals surface area contributed by atoms with Gasteiger partial charge >= 0.3 is 5.97 Å². The summed E-state index contributed by atoms with van der Waals surface area (Å²) < 4.78 is 7.08. The molecule has 5 rings (SSSR count). The number of carbonyl (C=O) groups excluding carboxylic acids is 3. The third kappa shape index (κ3) is 3.77. The van der Waals surface area contributed by atoms with Crippen molar-refractivity contribution in [1.29, 1.82) is 0 Å². The van der Waals surface area contributed by atoms with Gasteiger partial charge in [-0.05, 0) is 31.0 Å². The minimum atomic E-state index is -0.896. The summed E-state index contributed by atoms with van der Waals surface area (Å²) in [5.74, 6) is -2.32. The van der Waals surface area contributed by atoms with E-state index in [1.54, 1.807) is 10.6 Å². The van der Waals surface area contributed by atoms with Crippen molar-refractivity contribution in [3.05, 3.63) is 68.7 Å². The summed E-state index contributed by atoms with van der Waals surface area (Å²) in [5, 5.41) is 30.2. The number of ketones is 1. The molecule has 1 amide bonds. The van der Waals surface area contributed by atoms with E-state index in [0.717, 1.165) is 0 Å². The molecule has 2 N–H and O–H groups in total. The van der Waals surface area contributed by atoms with Crippen LogP contribution in [0.15, 0.2) is 42.5 Å². The van der Waals surface area contributed by atoms with E-state index in [1.807, 2.05) is 0 Å². The Kier molecular flexibility index (Phi) is 5.90. The lowest BCUT2D eigenvalue weighted by atomic mass is 9.83. The zero-order valence-corrected chi connectivity index (χ0v) is 19.7. The number of hydrogen-bond donors (Lipinski definition) is 2. The van der Waals surface area contributed by atoms with Crippen LogP contribution in [0, 0.1) is 16.0 Å². The van der Waals surface area contributed by atoms with Crippen LogP contribution in [0.2, 0.25) is 0 Å². The number of β-lactam (4-membered cyclic amide) rings is 1. The van der Waals surface area contributed by atoms with Gasteiger partial charge in [0, 0.05) is 23.9 Å². The first kappa shape index (κ1) is 23.8. The number of benzene rings is 1. The summed E-state index contributed by atoms with van der Waals surface area (Å²) in [4.78, 5) is 54.9. The Hall–Kier alpha value is -3.94. The third-order valence-corrected chi connectivity index (χ3v) is 7.52. The Bertz CT molecular complexity index is 1440. The molecule has 36 heavy (non-hydrogen) atoms. The van der Waals surface area contributed by atoms with E-state index in [1.165, 1.54) is 53.8 Å². The predicted octanol–water partition coefficient (Wildman–Crippen LogP) is 1.54. The number of thiazole rings is 1. The molecule has 1 fully saturated rings. The van der Waals surface area contributed by atoms with Crippen molar-refractivity contribution in [3.63, 3.8) is 0 Å². The van der Waals surface area contributed by atoms with Gasteiger partial charge in [0.25, 0.3) is 5.69 Å². The van der Waals surface area contributed by atoms with Gasteiger partial charge in [-0.25, -0.2) is 9.78 Å². The highest BCUT2D eigenvalue weighted by molar-refractivity contribution is 7.18. The van der Waals surface area contributed by atoms with Crippen LogP contribution >= 0.6 is 11.3 Å². The van der Waals surface area contributed by atoms with Gasteiger partial charge in [-0.2, -0.15) is 0 Å². The maximum Gasteiger partial charge on any atom is 0.355 e. The number of imidazole rings is 1.